The second kappa shape index (κ2) is 4.93. The average molecular weight is 248 g/mol. The molecule has 1 aromatic carbocycles. The summed E-state index contributed by atoms with van der Waals surface area (Å²) in [4.78, 5) is 19.5. The van der Waals surface area contributed by atoms with Gasteiger partial charge >= 0.3 is 0 Å². The SMILES string of the molecule is Cc1cccc(C(=O)Nc2cc(Cl)ncn2)c1. The molecule has 0 unspecified atom stereocenters. The Kier molecular flexibility index (Phi) is 3.35. The maximum absolute atomic E-state index is 11.9. The number of anilines is 1. The van der Waals surface area contributed by atoms with E-state index < -0.39 is 0 Å². The highest BCUT2D eigenvalue weighted by atomic mass is 35.5. The van der Waals surface area contributed by atoms with Gasteiger partial charge in [-0.25, -0.2) is 9.97 Å². The van der Waals surface area contributed by atoms with Crippen LogP contribution in [0.5, 0.6) is 0 Å². The van der Waals surface area contributed by atoms with Crippen molar-refractivity contribution in [2.24, 2.45) is 0 Å². The van der Waals surface area contributed by atoms with Crippen LogP contribution >= 0.6 is 11.6 Å². The summed E-state index contributed by atoms with van der Waals surface area (Å²) in [6.45, 7) is 1.93. The standard InChI is InChI=1S/C12H10ClN3O/c1-8-3-2-4-9(5-8)12(17)16-11-6-10(13)14-7-15-11/h2-7H,1H3,(H,14,15,16,17). The van der Waals surface area contributed by atoms with Crippen LogP contribution in [0.2, 0.25) is 5.15 Å². The lowest BCUT2D eigenvalue weighted by molar-refractivity contribution is 0.102. The zero-order chi connectivity index (χ0) is 12.3. The molecular formula is C12H10ClN3O. The van der Waals surface area contributed by atoms with Gasteiger partial charge in [-0.2, -0.15) is 0 Å². The lowest BCUT2D eigenvalue weighted by Gasteiger charge is -2.04. The van der Waals surface area contributed by atoms with E-state index in [0.29, 0.717) is 16.5 Å². The summed E-state index contributed by atoms with van der Waals surface area (Å²) >= 11 is 5.70. The van der Waals surface area contributed by atoms with Crippen LogP contribution < -0.4 is 5.32 Å². The first-order chi connectivity index (χ1) is 8.15. The number of nitrogens with one attached hydrogen (secondary N) is 1. The fourth-order valence-electron chi connectivity index (χ4n) is 1.38. The maximum Gasteiger partial charge on any atom is 0.256 e. The molecule has 2 aromatic rings. The molecule has 0 radical (unpaired) electrons. The first-order valence-corrected chi connectivity index (χ1v) is 5.38. The first kappa shape index (κ1) is 11.5. The molecule has 0 aliphatic carbocycles. The molecule has 0 bridgehead atoms. The summed E-state index contributed by atoms with van der Waals surface area (Å²) in [6.07, 6.45) is 1.30. The highest BCUT2D eigenvalue weighted by molar-refractivity contribution is 6.29. The first-order valence-electron chi connectivity index (χ1n) is 5.01. The zero-order valence-electron chi connectivity index (χ0n) is 9.14. The second-order valence-electron chi connectivity index (χ2n) is 3.55. The minimum Gasteiger partial charge on any atom is -0.306 e. The van der Waals surface area contributed by atoms with Gasteiger partial charge in [0, 0.05) is 11.6 Å². The van der Waals surface area contributed by atoms with Crippen molar-refractivity contribution in [3.63, 3.8) is 0 Å². The van der Waals surface area contributed by atoms with Crippen molar-refractivity contribution in [1.82, 2.24) is 9.97 Å². The summed E-state index contributed by atoms with van der Waals surface area (Å²) in [5.41, 5.74) is 1.61. The number of carbonyl (C=O) groups is 1. The fourth-order valence-corrected chi connectivity index (χ4v) is 1.52. The van der Waals surface area contributed by atoms with Crippen molar-refractivity contribution in [1.29, 1.82) is 0 Å². The van der Waals surface area contributed by atoms with Gasteiger partial charge in [-0.05, 0) is 19.1 Å². The third-order valence-electron chi connectivity index (χ3n) is 2.16. The van der Waals surface area contributed by atoms with Crippen LogP contribution in [-0.4, -0.2) is 15.9 Å². The van der Waals surface area contributed by atoms with Crippen molar-refractivity contribution in [2.75, 3.05) is 5.32 Å². The van der Waals surface area contributed by atoms with E-state index in [2.05, 4.69) is 15.3 Å². The van der Waals surface area contributed by atoms with Gasteiger partial charge in [0.15, 0.2) is 0 Å². The van der Waals surface area contributed by atoms with E-state index in [0.717, 1.165) is 5.56 Å². The topological polar surface area (TPSA) is 54.9 Å². The predicted molar refractivity (Wildman–Crippen MR) is 66.2 cm³/mol. The van der Waals surface area contributed by atoms with Gasteiger partial charge in [-0.3, -0.25) is 4.79 Å². The summed E-state index contributed by atoms with van der Waals surface area (Å²) in [7, 11) is 0. The van der Waals surface area contributed by atoms with Crippen LogP contribution in [0.1, 0.15) is 15.9 Å². The van der Waals surface area contributed by atoms with Crippen molar-refractivity contribution in [2.45, 2.75) is 6.92 Å². The average Bonchev–Trinajstić information content (AvgIpc) is 2.29. The van der Waals surface area contributed by atoms with Gasteiger partial charge in [0.05, 0.1) is 0 Å². The Labute approximate surface area is 104 Å². The molecule has 1 N–H and O–H groups in total. The Balaban J connectivity index is 2.17. The molecule has 86 valence electrons. The quantitative estimate of drug-likeness (QED) is 0.830. The lowest BCUT2D eigenvalue weighted by Crippen LogP contribution is -2.13. The van der Waals surface area contributed by atoms with Crippen LogP contribution in [0.3, 0.4) is 0 Å². The number of hydrogen-bond donors (Lipinski definition) is 1. The van der Waals surface area contributed by atoms with E-state index in [-0.39, 0.29) is 5.91 Å². The third kappa shape index (κ3) is 3.01. The Morgan fingerprint density at radius 3 is 2.82 bits per heavy atom. The Morgan fingerprint density at radius 2 is 2.12 bits per heavy atom. The van der Waals surface area contributed by atoms with E-state index in [1.807, 2.05) is 19.1 Å². The molecule has 0 aliphatic rings. The Morgan fingerprint density at radius 1 is 1.29 bits per heavy atom. The molecule has 1 aromatic heterocycles. The van der Waals surface area contributed by atoms with Gasteiger partial charge in [-0.15, -0.1) is 0 Å². The van der Waals surface area contributed by atoms with Crippen LogP contribution in [0, 0.1) is 6.92 Å². The number of aryl methyl sites for hydroxylation is 1. The number of halogens is 1. The number of hydrogen-bond acceptors (Lipinski definition) is 3. The van der Waals surface area contributed by atoms with E-state index in [1.165, 1.54) is 12.4 Å². The fraction of sp³-hybridized carbons (Fsp3) is 0.0833. The van der Waals surface area contributed by atoms with E-state index in [1.54, 1.807) is 12.1 Å². The third-order valence-corrected chi connectivity index (χ3v) is 2.36. The molecule has 0 fully saturated rings. The van der Waals surface area contributed by atoms with Crippen molar-refractivity contribution in [3.8, 4) is 0 Å². The molecule has 0 saturated heterocycles. The predicted octanol–water partition coefficient (Wildman–Crippen LogP) is 2.69. The largest absolute Gasteiger partial charge is 0.306 e. The normalized spacial score (nSPS) is 10.0. The number of rotatable bonds is 2. The molecule has 4 nitrogen and oxygen atoms in total. The number of nitrogens with zero attached hydrogens (tertiary/aromatic N) is 2. The smallest absolute Gasteiger partial charge is 0.256 e. The number of benzene rings is 1. The summed E-state index contributed by atoms with van der Waals surface area (Å²) in [6, 6.07) is 8.80. The maximum atomic E-state index is 11.9. The van der Waals surface area contributed by atoms with Gasteiger partial charge in [0.1, 0.15) is 17.3 Å². The molecule has 0 spiro atoms. The molecule has 17 heavy (non-hydrogen) atoms. The van der Waals surface area contributed by atoms with Gasteiger partial charge in [0.25, 0.3) is 5.91 Å². The summed E-state index contributed by atoms with van der Waals surface area (Å²) in [5.74, 6) is 0.167. The Bertz CT molecular complexity index is 557. The van der Waals surface area contributed by atoms with Gasteiger partial charge < -0.3 is 5.32 Å². The summed E-state index contributed by atoms with van der Waals surface area (Å²) in [5, 5.41) is 2.94. The van der Waals surface area contributed by atoms with Crippen LogP contribution in [0.15, 0.2) is 36.7 Å². The number of amides is 1. The number of aromatic nitrogens is 2. The van der Waals surface area contributed by atoms with E-state index >= 15 is 0 Å². The molecule has 1 heterocycles. The molecule has 5 heteroatoms. The minimum absolute atomic E-state index is 0.219. The van der Waals surface area contributed by atoms with Crippen LogP contribution in [0.25, 0.3) is 0 Å². The molecule has 1 amide bonds. The minimum atomic E-state index is -0.219. The monoisotopic (exact) mass is 247 g/mol. The van der Waals surface area contributed by atoms with Crippen molar-refractivity contribution >= 4 is 23.3 Å². The molecule has 0 atom stereocenters. The number of carbonyl (C=O) groups excluding carboxylic acids is 1. The van der Waals surface area contributed by atoms with E-state index in [4.69, 9.17) is 11.6 Å². The molecular weight excluding hydrogens is 238 g/mol. The highest BCUT2D eigenvalue weighted by Crippen LogP contribution is 2.11. The van der Waals surface area contributed by atoms with Gasteiger partial charge in [-0.1, -0.05) is 29.3 Å². The lowest BCUT2D eigenvalue weighted by atomic mass is 10.1. The zero-order valence-corrected chi connectivity index (χ0v) is 9.90. The second-order valence-corrected chi connectivity index (χ2v) is 3.94. The van der Waals surface area contributed by atoms with Gasteiger partial charge in [0.2, 0.25) is 0 Å². The molecule has 2 rings (SSSR count). The summed E-state index contributed by atoms with van der Waals surface area (Å²) < 4.78 is 0. The highest BCUT2D eigenvalue weighted by Gasteiger charge is 2.06. The van der Waals surface area contributed by atoms with E-state index in [9.17, 15) is 4.79 Å². The van der Waals surface area contributed by atoms with Crippen LogP contribution in [-0.2, 0) is 0 Å². The molecule has 0 saturated carbocycles. The molecule has 0 aliphatic heterocycles. The Hall–Kier alpha value is -1.94. The van der Waals surface area contributed by atoms with Crippen LogP contribution in [0.4, 0.5) is 5.82 Å². The van der Waals surface area contributed by atoms with Crippen molar-refractivity contribution in [3.05, 3.63) is 52.9 Å². The van der Waals surface area contributed by atoms with Crippen molar-refractivity contribution < 1.29 is 4.79 Å².